The van der Waals surface area contributed by atoms with Crippen LogP contribution in [0, 0.1) is 5.82 Å². The first-order chi connectivity index (χ1) is 10.2. The predicted molar refractivity (Wildman–Crippen MR) is 78.0 cm³/mol. The number of carbonyl (C=O) groups excluding carboxylic acids is 1. The van der Waals surface area contributed by atoms with Gasteiger partial charge in [0.2, 0.25) is 5.91 Å². The molecule has 2 aliphatic carbocycles. The molecule has 0 bridgehead atoms. The van der Waals surface area contributed by atoms with Gasteiger partial charge < -0.3 is 4.90 Å². The van der Waals surface area contributed by atoms with E-state index in [4.69, 9.17) is 0 Å². The number of amides is 1. The quantitative estimate of drug-likeness (QED) is 0.907. The molecule has 1 aliphatic heterocycles. The molecule has 4 heteroatoms. The summed E-state index contributed by atoms with van der Waals surface area (Å²) < 4.78 is 13.2. The van der Waals surface area contributed by atoms with Gasteiger partial charge in [-0.15, -0.1) is 0 Å². The van der Waals surface area contributed by atoms with Gasteiger partial charge in [-0.1, -0.05) is 25.0 Å². The molecule has 1 atom stereocenters. The van der Waals surface area contributed by atoms with Crippen LogP contribution in [0.15, 0.2) is 24.3 Å². The lowest BCUT2D eigenvalue weighted by molar-refractivity contribution is -0.137. The van der Waals surface area contributed by atoms with Crippen LogP contribution < -0.4 is 5.32 Å². The van der Waals surface area contributed by atoms with Crippen LogP contribution in [-0.2, 0) is 4.79 Å². The molecule has 3 nitrogen and oxygen atoms in total. The van der Waals surface area contributed by atoms with Crippen molar-refractivity contribution in [2.75, 3.05) is 0 Å². The highest BCUT2D eigenvalue weighted by Crippen LogP contribution is 2.44. The van der Waals surface area contributed by atoms with Crippen LogP contribution in [0.5, 0.6) is 0 Å². The maximum atomic E-state index is 13.2. The molecule has 21 heavy (non-hydrogen) atoms. The number of rotatable bonds is 2. The van der Waals surface area contributed by atoms with Crippen LogP contribution >= 0.6 is 0 Å². The second-order valence-electron chi connectivity index (χ2n) is 6.68. The van der Waals surface area contributed by atoms with E-state index < -0.39 is 0 Å². The van der Waals surface area contributed by atoms with E-state index >= 15 is 0 Å². The molecule has 1 saturated heterocycles. The molecule has 0 aromatic heterocycles. The fourth-order valence-electron chi connectivity index (χ4n) is 4.02. The second-order valence-corrected chi connectivity index (χ2v) is 6.68. The maximum absolute atomic E-state index is 13.2. The van der Waals surface area contributed by atoms with Crippen molar-refractivity contribution >= 4 is 5.91 Å². The average Bonchev–Trinajstić information content (AvgIpc) is 3.00. The summed E-state index contributed by atoms with van der Waals surface area (Å²) in [6.45, 7) is 0. The van der Waals surface area contributed by atoms with Crippen molar-refractivity contribution in [1.82, 2.24) is 10.2 Å². The standard InChI is InChI=1S/C17H21FN2O/c18-13-8-6-12(7-9-13)15-19-17(10-1-2-11-17)16(21)20(15)14-4-3-5-14/h6-9,14-15,19H,1-5,10-11H2. The summed E-state index contributed by atoms with van der Waals surface area (Å²) in [5.74, 6) is 0.0490. The van der Waals surface area contributed by atoms with Crippen LogP contribution in [-0.4, -0.2) is 22.4 Å². The molecular formula is C17H21FN2O. The Morgan fingerprint density at radius 2 is 1.76 bits per heavy atom. The first kappa shape index (κ1) is 13.3. The molecule has 1 amide bonds. The van der Waals surface area contributed by atoms with Gasteiger partial charge in [0.15, 0.2) is 0 Å². The van der Waals surface area contributed by atoms with E-state index in [1.165, 1.54) is 18.6 Å². The Morgan fingerprint density at radius 1 is 1.10 bits per heavy atom. The van der Waals surface area contributed by atoms with Gasteiger partial charge in [0, 0.05) is 6.04 Å². The second kappa shape index (κ2) is 4.80. The Kier molecular flexibility index (Phi) is 3.03. The van der Waals surface area contributed by atoms with Crippen molar-refractivity contribution in [3.05, 3.63) is 35.6 Å². The monoisotopic (exact) mass is 288 g/mol. The SMILES string of the molecule is O=C1N(C2CCC2)C(c2ccc(F)cc2)NC12CCCC2. The lowest BCUT2D eigenvalue weighted by Crippen LogP contribution is -2.47. The van der Waals surface area contributed by atoms with Crippen molar-refractivity contribution in [1.29, 1.82) is 0 Å². The Hall–Kier alpha value is -1.42. The molecule has 1 N–H and O–H groups in total. The zero-order chi connectivity index (χ0) is 14.4. The lowest BCUT2D eigenvalue weighted by atomic mass is 9.89. The summed E-state index contributed by atoms with van der Waals surface area (Å²) in [7, 11) is 0. The van der Waals surface area contributed by atoms with Crippen LogP contribution in [0.25, 0.3) is 0 Å². The molecule has 1 aromatic carbocycles. The molecule has 112 valence electrons. The number of nitrogens with one attached hydrogen (secondary N) is 1. The number of benzene rings is 1. The highest BCUT2D eigenvalue weighted by Gasteiger charge is 2.54. The Balaban J connectivity index is 1.69. The van der Waals surface area contributed by atoms with Gasteiger partial charge in [0.25, 0.3) is 0 Å². The molecule has 0 radical (unpaired) electrons. The fraction of sp³-hybridized carbons (Fsp3) is 0.588. The summed E-state index contributed by atoms with van der Waals surface area (Å²) in [4.78, 5) is 15.1. The Bertz CT molecular complexity index is 546. The zero-order valence-electron chi connectivity index (χ0n) is 12.1. The van der Waals surface area contributed by atoms with E-state index in [1.54, 1.807) is 12.1 Å². The summed E-state index contributed by atoms with van der Waals surface area (Å²) in [6.07, 6.45) is 7.43. The fourth-order valence-corrected chi connectivity index (χ4v) is 4.02. The molecule has 3 fully saturated rings. The van der Waals surface area contributed by atoms with Crippen LogP contribution in [0.4, 0.5) is 4.39 Å². The minimum absolute atomic E-state index is 0.0819. The van der Waals surface area contributed by atoms with E-state index in [-0.39, 0.29) is 23.4 Å². The number of hydrogen-bond acceptors (Lipinski definition) is 2. The minimum atomic E-state index is -0.353. The van der Waals surface area contributed by atoms with E-state index in [0.717, 1.165) is 44.1 Å². The van der Waals surface area contributed by atoms with Crippen molar-refractivity contribution < 1.29 is 9.18 Å². The van der Waals surface area contributed by atoms with E-state index in [2.05, 4.69) is 10.2 Å². The third kappa shape index (κ3) is 2.00. The average molecular weight is 288 g/mol. The Morgan fingerprint density at radius 3 is 2.33 bits per heavy atom. The van der Waals surface area contributed by atoms with E-state index in [1.807, 2.05) is 0 Å². The van der Waals surface area contributed by atoms with Crippen molar-refractivity contribution in [3.8, 4) is 0 Å². The summed E-state index contributed by atoms with van der Waals surface area (Å²) in [6, 6.07) is 6.94. The largest absolute Gasteiger partial charge is 0.318 e. The summed E-state index contributed by atoms with van der Waals surface area (Å²) >= 11 is 0. The first-order valence-corrected chi connectivity index (χ1v) is 8.06. The molecular weight excluding hydrogens is 267 g/mol. The number of halogens is 1. The third-order valence-corrected chi connectivity index (χ3v) is 5.45. The summed E-state index contributed by atoms with van der Waals surface area (Å²) in [5, 5.41) is 3.60. The molecule has 4 rings (SSSR count). The molecule has 1 unspecified atom stereocenters. The first-order valence-electron chi connectivity index (χ1n) is 8.06. The number of carbonyl (C=O) groups is 1. The molecule has 3 aliphatic rings. The van der Waals surface area contributed by atoms with Gasteiger partial charge in [0.1, 0.15) is 12.0 Å². The normalized spacial score (nSPS) is 28.3. The van der Waals surface area contributed by atoms with Gasteiger partial charge in [0.05, 0.1) is 5.54 Å². The smallest absolute Gasteiger partial charge is 0.244 e. The van der Waals surface area contributed by atoms with Crippen molar-refractivity contribution in [2.24, 2.45) is 0 Å². The van der Waals surface area contributed by atoms with Gasteiger partial charge >= 0.3 is 0 Å². The summed E-state index contributed by atoms with van der Waals surface area (Å²) in [5.41, 5.74) is 0.648. The predicted octanol–water partition coefficient (Wildman–Crippen LogP) is 3.12. The third-order valence-electron chi connectivity index (χ3n) is 5.45. The van der Waals surface area contributed by atoms with Gasteiger partial charge in [-0.2, -0.15) is 0 Å². The highest BCUT2D eigenvalue weighted by molar-refractivity contribution is 5.89. The molecule has 2 saturated carbocycles. The van der Waals surface area contributed by atoms with Gasteiger partial charge in [-0.05, 0) is 49.8 Å². The van der Waals surface area contributed by atoms with Crippen molar-refractivity contribution in [2.45, 2.75) is 62.7 Å². The van der Waals surface area contributed by atoms with Crippen LogP contribution in [0.3, 0.4) is 0 Å². The van der Waals surface area contributed by atoms with Gasteiger partial charge in [-0.25, -0.2) is 4.39 Å². The lowest BCUT2D eigenvalue weighted by Gasteiger charge is -2.38. The molecule has 1 spiro atoms. The van der Waals surface area contributed by atoms with Crippen LogP contribution in [0.1, 0.15) is 56.7 Å². The van der Waals surface area contributed by atoms with Crippen molar-refractivity contribution in [3.63, 3.8) is 0 Å². The van der Waals surface area contributed by atoms with E-state index in [0.29, 0.717) is 6.04 Å². The zero-order valence-corrected chi connectivity index (χ0v) is 12.1. The minimum Gasteiger partial charge on any atom is -0.318 e. The number of nitrogens with zero attached hydrogens (tertiary/aromatic N) is 1. The molecule has 1 heterocycles. The molecule has 1 aromatic rings. The van der Waals surface area contributed by atoms with Gasteiger partial charge in [-0.3, -0.25) is 10.1 Å². The number of hydrogen-bond donors (Lipinski definition) is 1. The topological polar surface area (TPSA) is 32.3 Å². The highest BCUT2D eigenvalue weighted by atomic mass is 19.1. The Labute approximate surface area is 124 Å². The maximum Gasteiger partial charge on any atom is 0.244 e. The van der Waals surface area contributed by atoms with Crippen LogP contribution in [0.2, 0.25) is 0 Å². The van der Waals surface area contributed by atoms with E-state index in [9.17, 15) is 9.18 Å².